The number of carbonyl (C=O) groups excluding carboxylic acids is 1. The molecule has 142 valence electrons. The molecule has 2 aromatic rings. The minimum absolute atomic E-state index is 0.0574. The molecule has 2 heterocycles. The van der Waals surface area contributed by atoms with Crippen LogP contribution in [-0.2, 0) is 11.8 Å². The molecule has 0 aliphatic carbocycles. The lowest BCUT2D eigenvalue weighted by Gasteiger charge is -2.27. The molecule has 1 aliphatic heterocycles. The molecule has 0 bridgehead atoms. The van der Waals surface area contributed by atoms with Crippen molar-refractivity contribution in [1.29, 1.82) is 0 Å². The number of ether oxygens (including phenoxy) is 3. The number of hydrogen-bond acceptors (Lipinski definition) is 5. The van der Waals surface area contributed by atoms with E-state index in [1.165, 1.54) is 0 Å². The molecule has 3 rings (SSSR count). The quantitative estimate of drug-likeness (QED) is 0.598. The maximum absolute atomic E-state index is 12.9. The second-order valence-electron chi connectivity index (χ2n) is 6.78. The molecular formula is C21H23NO5. The van der Waals surface area contributed by atoms with Crippen molar-refractivity contribution in [2.45, 2.75) is 26.2 Å². The zero-order valence-corrected chi connectivity index (χ0v) is 16.0. The van der Waals surface area contributed by atoms with E-state index in [1.807, 2.05) is 19.1 Å². The van der Waals surface area contributed by atoms with Gasteiger partial charge in [-0.2, -0.15) is 0 Å². The summed E-state index contributed by atoms with van der Waals surface area (Å²) in [5.74, 6) is 0.504. The summed E-state index contributed by atoms with van der Waals surface area (Å²) in [5, 5.41) is 0. The number of fused-ring (bicyclic) bond motifs is 1. The van der Waals surface area contributed by atoms with Crippen LogP contribution in [0.4, 0.5) is 0 Å². The number of rotatable bonds is 5. The normalized spacial score (nSPS) is 15.7. The van der Waals surface area contributed by atoms with Crippen LogP contribution in [0.3, 0.4) is 0 Å². The Hall–Kier alpha value is -3.02. The largest absolute Gasteiger partial charge is 0.493 e. The maximum Gasteiger partial charge on any atom is 0.312 e. The monoisotopic (exact) mass is 369 g/mol. The van der Waals surface area contributed by atoms with Gasteiger partial charge in [-0.3, -0.25) is 9.59 Å². The number of methoxy groups -OCH3 is 1. The van der Waals surface area contributed by atoms with Crippen molar-refractivity contribution in [3.63, 3.8) is 0 Å². The molecule has 6 heteroatoms. The molecule has 1 atom stereocenters. The summed E-state index contributed by atoms with van der Waals surface area (Å²) in [6.07, 6.45) is 0.0574. The van der Waals surface area contributed by atoms with Crippen LogP contribution in [0.15, 0.2) is 41.2 Å². The summed E-state index contributed by atoms with van der Waals surface area (Å²) < 4.78 is 18.3. The summed E-state index contributed by atoms with van der Waals surface area (Å²) >= 11 is 0. The van der Waals surface area contributed by atoms with Crippen LogP contribution in [0.2, 0.25) is 0 Å². The smallest absolute Gasteiger partial charge is 0.312 e. The molecule has 6 nitrogen and oxygen atoms in total. The zero-order chi connectivity index (χ0) is 19.7. The lowest BCUT2D eigenvalue weighted by molar-refractivity contribution is -0.135. The van der Waals surface area contributed by atoms with Crippen LogP contribution in [-0.4, -0.2) is 24.3 Å². The average molecular weight is 369 g/mol. The molecular weight excluding hydrogens is 346 g/mol. The summed E-state index contributed by atoms with van der Waals surface area (Å²) in [4.78, 5) is 25.2. The number of carbonyl (C=O) groups is 1. The first kappa shape index (κ1) is 18.8. The van der Waals surface area contributed by atoms with E-state index < -0.39 is 5.92 Å². The fourth-order valence-corrected chi connectivity index (χ4v) is 3.23. The van der Waals surface area contributed by atoms with Crippen LogP contribution in [0.5, 0.6) is 17.2 Å². The van der Waals surface area contributed by atoms with Crippen molar-refractivity contribution in [1.82, 2.24) is 4.57 Å². The topological polar surface area (TPSA) is 66.8 Å². The highest BCUT2D eigenvalue weighted by molar-refractivity contribution is 5.78. The van der Waals surface area contributed by atoms with E-state index in [0.29, 0.717) is 29.4 Å². The molecule has 1 aliphatic rings. The fourth-order valence-electron chi connectivity index (χ4n) is 3.23. The molecule has 1 aromatic carbocycles. The Balaban J connectivity index is 2.21. The van der Waals surface area contributed by atoms with Crippen molar-refractivity contribution >= 4 is 5.97 Å². The van der Waals surface area contributed by atoms with Gasteiger partial charge in [0, 0.05) is 30.3 Å². The third-order valence-electron chi connectivity index (χ3n) is 4.68. The van der Waals surface area contributed by atoms with E-state index in [-0.39, 0.29) is 17.9 Å². The van der Waals surface area contributed by atoms with Crippen LogP contribution in [0.25, 0.3) is 0 Å². The molecule has 0 amide bonds. The number of hydrogen-bond donors (Lipinski definition) is 0. The first-order valence-corrected chi connectivity index (χ1v) is 8.68. The number of aromatic nitrogens is 1. The number of aryl methyl sites for hydroxylation is 1. The van der Waals surface area contributed by atoms with E-state index in [0.717, 1.165) is 16.8 Å². The zero-order valence-electron chi connectivity index (χ0n) is 16.0. The number of nitrogens with zero attached hydrogens (tertiary/aromatic N) is 1. The van der Waals surface area contributed by atoms with Crippen LogP contribution >= 0.6 is 0 Å². The average Bonchev–Trinajstić information content (AvgIpc) is 2.63. The molecule has 0 saturated heterocycles. The summed E-state index contributed by atoms with van der Waals surface area (Å²) in [5.41, 5.74) is 2.56. The Bertz CT molecular complexity index is 973. The molecule has 0 unspecified atom stereocenters. The second-order valence-corrected chi connectivity index (χ2v) is 6.78. The Kier molecular flexibility index (Phi) is 5.08. The van der Waals surface area contributed by atoms with Crippen LogP contribution in [0, 0.1) is 6.92 Å². The Morgan fingerprint density at radius 1 is 1.37 bits per heavy atom. The minimum atomic E-state index is -0.476. The number of benzene rings is 1. The van der Waals surface area contributed by atoms with Gasteiger partial charge in [0.2, 0.25) is 0 Å². The number of esters is 1. The van der Waals surface area contributed by atoms with Crippen LogP contribution < -0.4 is 19.8 Å². The molecule has 1 aromatic heterocycles. The van der Waals surface area contributed by atoms with Crippen molar-refractivity contribution in [2.75, 3.05) is 13.7 Å². The third-order valence-corrected chi connectivity index (χ3v) is 4.68. The van der Waals surface area contributed by atoms with Gasteiger partial charge in [0.05, 0.1) is 19.1 Å². The Morgan fingerprint density at radius 2 is 2.11 bits per heavy atom. The first-order chi connectivity index (χ1) is 12.8. The van der Waals surface area contributed by atoms with Crippen molar-refractivity contribution < 1.29 is 19.0 Å². The maximum atomic E-state index is 12.9. The van der Waals surface area contributed by atoms with Gasteiger partial charge in [-0.05, 0) is 25.5 Å². The van der Waals surface area contributed by atoms with E-state index in [9.17, 15) is 9.59 Å². The first-order valence-electron chi connectivity index (χ1n) is 8.68. The van der Waals surface area contributed by atoms with Crippen molar-refractivity contribution in [3.8, 4) is 17.2 Å². The van der Waals surface area contributed by atoms with Gasteiger partial charge in [0.25, 0.3) is 5.56 Å². The van der Waals surface area contributed by atoms with E-state index in [2.05, 4.69) is 6.58 Å². The lowest BCUT2D eigenvalue weighted by atomic mass is 9.86. The summed E-state index contributed by atoms with van der Waals surface area (Å²) in [7, 11) is 3.26. The predicted octanol–water partition coefficient (Wildman–Crippen LogP) is 3.10. The molecule has 0 fully saturated rings. The van der Waals surface area contributed by atoms with Crippen molar-refractivity contribution in [3.05, 3.63) is 63.6 Å². The van der Waals surface area contributed by atoms with Crippen LogP contribution in [0.1, 0.15) is 36.1 Å². The summed E-state index contributed by atoms with van der Waals surface area (Å²) in [6.45, 7) is 7.83. The highest BCUT2D eigenvalue weighted by Gasteiger charge is 2.34. The Labute approximate surface area is 158 Å². The summed E-state index contributed by atoms with van der Waals surface area (Å²) in [6, 6.07) is 7.17. The SMILES string of the molecule is C=C(C)COc1c(OC)cccc1[C@@H]1CC(=O)Oc2cc(C)n(C)c(=O)c21. The van der Waals surface area contributed by atoms with Gasteiger partial charge < -0.3 is 18.8 Å². The lowest BCUT2D eigenvalue weighted by Crippen LogP contribution is -2.32. The third kappa shape index (κ3) is 3.47. The van der Waals surface area contributed by atoms with E-state index >= 15 is 0 Å². The van der Waals surface area contributed by atoms with Gasteiger partial charge in [-0.15, -0.1) is 0 Å². The van der Waals surface area contributed by atoms with Gasteiger partial charge in [-0.25, -0.2) is 0 Å². The van der Waals surface area contributed by atoms with Gasteiger partial charge in [-0.1, -0.05) is 18.7 Å². The fraction of sp³-hybridized carbons (Fsp3) is 0.333. The van der Waals surface area contributed by atoms with Gasteiger partial charge in [0.1, 0.15) is 12.4 Å². The second kappa shape index (κ2) is 7.31. The van der Waals surface area contributed by atoms with Gasteiger partial charge in [0.15, 0.2) is 11.5 Å². The highest BCUT2D eigenvalue weighted by atomic mass is 16.5. The van der Waals surface area contributed by atoms with E-state index in [4.69, 9.17) is 14.2 Å². The molecule has 0 saturated carbocycles. The predicted molar refractivity (Wildman–Crippen MR) is 102 cm³/mol. The molecule has 0 spiro atoms. The standard InChI is InChI=1S/C21H23NO5/c1-12(2)11-26-20-14(7-6-8-16(20)25-5)15-10-18(23)27-17-9-13(3)22(4)21(24)19(15)17/h6-9,15H,1,10-11H2,2-5H3/t15-/m0/s1. The van der Waals surface area contributed by atoms with Gasteiger partial charge >= 0.3 is 5.97 Å². The number of pyridine rings is 1. The molecule has 0 radical (unpaired) electrons. The number of para-hydroxylation sites is 1. The minimum Gasteiger partial charge on any atom is -0.493 e. The molecule has 27 heavy (non-hydrogen) atoms. The molecule has 0 N–H and O–H groups in total. The van der Waals surface area contributed by atoms with E-state index in [1.54, 1.807) is 37.8 Å². The Morgan fingerprint density at radius 3 is 2.78 bits per heavy atom. The van der Waals surface area contributed by atoms with Crippen molar-refractivity contribution in [2.24, 2.45) is 7.05 Å². The highest BCUT2D eigenvalue weighted by Crippen LogP contribution is 2.43.